The minimum Gasteiger partial charge on any atom is -0.410 e. The summed E-state index contributed by atoms with van der Waals surface area (Å²) in [7, 11) is -2.13. The van der Waals surface area contributed by atoms with Crippen LogP contribution in [0.4, 0.5) is 13.2 Å². The van der Waals surface area contributed by atoms with Gasteiger partial charge in [0.15, 0.2) is 8.32 Å². The monoisotopic (exact) mass is 685 g/mol. The third-order valence-corrected chi connectivity index (χ3v) is 15.9. The molecule has 220 valence electrons. The fraction of sp³-hybridized carbons (Fsp3) is 0.656. The average molecular weight is 686 g/mol. The van der Waals surface area contributed by atoms with Crippen LogP contribution in [0.15, 0.2) is 24.3 Å². The fourth-order valence-corrected chi connectivity index (χ4v) is 9.20. The van der Waals surface area contributed by atoms with E-state index < -0.39 is 31.8 Å². The molecule has 3 aliphatic rings. The Bertz CT molecular complexity index is 1290. The number of nitrogens with zero attached hydrogens (tertiary/aromatic N) is 1. The van der Waals surface area contributed by atoms with Gasteiger partial charge in [0, 0.05) is 32.0 Å². The van der Waals surface area contributed by atoms with Gasteiger partial charge in [0.2, 0.25) is 0 Å². The fourth-order valence-electron chi connectivity index (χ4n) is 6.73. The molecule has 40 heavy (non-hydrogen) atoms. The maximum atomic E-state index is 13.4. The lowest BCUT2D eigenvalue weighted by molar-refractivity contribution is -0.137. The van der Waals surface area contributed by atoms with Crippen LogP contribution in [0.5, 0.6) is 0 Å². The van der Waals surface area contributed by atoms with E-state index in [-0.39, 0.29) is 20.5 Å². The summed E-state index contributed by atoms with van der Waals surface area (Å²) in [5.74, 6) is 0. The maximum absolute atomic E-state index is 13.4. The van der Waals surface area contributed by atoms with Crippen LogP contribution >= 0.6 is 22.6 Å². The smallest absolute Gasteiger partial charge is 0.410 e. The zero-order valence-corrected chi connectivity index (χ0v) is 28.2. The Kier molecular flexibility index (Phi) is 7.66. The summed E-state index contributed by atoms with van der Waals surface area (Å²) >= 11 is 2.56. The molecular weight excluding hydrogens is 642 g/mol. The van der Waals surface area contributed by atoms with Crippen molar-refractivity contribution in [1.29, 1.82) is 0 Å². The number of aryl methyl sites for hydroxylation is 1. The topological polar surface area (TPSA) is 31.4 Å². The number of halogens is 4. The van der Waals surface area contributed by atoms with E-state index in [1.165, 1.54) is 23.3 Å². The predicted molar refractivity (Wildman–Crippen MR) is 164 cm³/mol. The lowest BCUT2D eigenvalue weighted by Crippen LogP contribution is -2.44. The third kappa shape index (κ3) is 5.10. The highest BCUT2D eigenvalue weighted by atomic mass is 127. The van der Waals surface area contributed by atoms with Crippen LogP contribution in [0.3, 0.4) is 0 Å². The molecule has 1 aromatic heterocycles. The Morgan fingerprint density at radius 1 is 1.10 bits per heavy atom. The summed E-state index contributed by atoms with van der Waals surface area (Å²) in [5.41, 5.74) is 5.36. The van der Waals surface area contributed by atoms with Gasteiger partial charge in [-0.1, -0.05) is 76.3 Å². The first-order valence-electron chi connectivity index (χ1n) is 14.6. The molecule has 1 fully saturated rings. The largest absolute Gasteiger partial charge is 0.416 e. The van der Waals surface area contributed by atoms with E-state index in [0.29, 0.717) is 0 Å². The second kappa shape index (κ2) is 10.0. The maximum Gasteiger partial charge on any atom is 0.416 e. The van der Waals surface area contributed by atoms with Crippen molar-refractivity contribution in [2.24, 2.45) is 5.41 Å². The zero-order chi connectivity index (χ0) is 29.5. The quantitative estimate of drug-likeness (QED) is 0.182. The predicted octanol–water partition coefficient (Wildman–Crippen LogP) is 10.0. The SMILES string of the molecule is CCc1nc2c(c3c1[C@@H](c1ccc(C(F)(F)F)cc1)OC31CCCC1I)C(O[Si](C)(C)C(C)(C)C)CC(C)(C)C2. The molecular formula is C32H43F3INO2Si. The highest BCUT2D eigenvalue weighted by Gasteiger charge is 2.57. The number of alkyl halides is 4. The molecule has 0 N–H and O–H groups in total. The Hall–Kier alpha value is -0.973. The molecule has 0 bridgehead atoms. The van der Waals surface area contributed by atoms with Crippen molar-refractivity contribution in [1.82, 2.24) is 4.98 Å². The van der Waals surface area contributed by atoms with E-state index in [4.69, 9.17) is 14.1 Å². The molecule has 0 radical (unpaired) electrons. The molecule has 0 saturated heterocycles. The standard InChI is InChI=1S/C32H43F3INO2Si/c1-9-21-26-27(25-22(37-21)17-30(5,6)18-23(25)39-40(7,8)29(2,3)4)31(16-10-11-24(31)36)38-28(26)19-12-14-20(15-13-19)32(33,34)35/h12-15,23-24,28H,9-11,16-18H2,1-8H3/t23?,24?,28-,31?/m1/s1. The molecule has 1 spiro atoms. The van der Waals surface area contributed by atoms with Crippen LogP contribution in [0.1, 0.15) is 119 Å². The van der Waals surface area contributed by atoms with Crippen molar-refractivity contribution in [3.63, 3.8) is 0 Å². The first kappa shape index (κ1) is 30.5. The van der Waals surface area contributed by atoms with Crippen molar-refractivity contribution >= 4 is 30.9 Å². The molecule has 4 atom stereocenters. The van der Waals surface area contributed by atoms with Gasteiger partial charge in [0.05, 0.1) is 11.7 Å². The second-order valence-electron chi connectivity index (χ2n) is 14.3. The summed E-state index contributed by atoms with van der Waals surface area (Å²) in [5, 5.41) is 0.0603. The van der Waals surface area contributed by atoms with E-state index in [0.717, 1.165) is 61.0 Å². The number of hydrogen-bond donors (Lipinski definition) is 0. The zero-order valence-electron chi connectivity index (χ0n) is 25.1. The van der Waals surface area contributed by atoms with Gasteiger partial charge in [-0.2, -0.15) is 13.2 Å². The van der Waals surface area contributed by atoms with Crippen molar-refractivity contribution in [3.05, 3.63) is 63.5 Å². The van der Waals surface area contributed by atoms with Crippen molar-refractivity contribution in [2.45, 2.75) is 126 Å². The summed E-state index contributed by atoms with van der Waals surface area (Å²) in [6.07, 6.45) is 0.663. The molecule has 1 aromatic carbocycles. The van der Waals surface area contributed by atoms with Gasteiger partial charge in [-0.05, 0) is 79.8 Å². The second-order valence-corrected chi connectivity index (χ2v) is 20.6. The van der Waals surface area contributed by atoms with E-state index in [1.807, 2.05) is 0 Å². The van der Waals surface area contributed by atoms with E-state index >= 15 is 0 Å². The van der Waals surface area contributed by atoms with Gasteiger partial charge in [-0.3, -0.25) is 4.98 Å². The van der Waals surface area contributed by atoms with Crippen molar-refractivity contribution in [3.8, 4) is 0 Å². The summed E-state index contributed by atoms with van der Waals surface area (Å²) in [6, 6.07) is 5.56. The molecule has 2 aromatic rings. The number of pyridine rings is 1. The van der Waals surface area contributed by atoms with Gasteiger partial charge in [-0.15, -0.1) is 0 Å². The van der Waals surface area contributed by atoms with Gasteiger partial charge in [0.25, 0.3) is 0 Å². The minimum absolute atomic E-state index is 0.0468. The number of fused-ring (bicyclic) bond motifs is 4. The Morgan fingerprint density at radius 2 is 1.75 bits per heavy atom. The van der Waals surface area contributed by atoms with Gasteiger partial charge in [0.1, 0.15) is 11.7 Å². The van der Waals surface area contributed by atoms with E-state index in [2.05, 4.69) is 77.2 Å². The van der Waals surface area contributed by atoms with E-state index in [1.54, 1.807) is 12.1 Å². The summed E-state index contributed by atoms with van der Waals surface area (Å²) < 4.78 is 54.9. The molecule has 1 aliphatic heterocycles. The van der Waals surface area contributed by atoms with Crippen LogP contribution in [0.2, 0.25) is 18.1 Å². The normalized spacial score (nSPS) is 28.1. The number of ether oxygens (including phenoxy) is 1. The Morgan fingerprint density at radius 3 is 2.27 bits per heavy atom. The first-order valence-corrected chi connectivity index (χ1v) is 18.8. The van der Waals surface area contributed by atoms with Crippen LogP contribution < -0.4 is 0 Å². The minimum atomic E-state index is -4.37. The number of hydrogen-bond acceptors (Lipinski definition) is 3. The van der Waals surface area contributed by atoms with Crippen LogP contribution in [0, 0.1) is 5.41 Å². The van der Waals surface area contributed by atoms with Crippen LogP contribution in [-0.2, 0) is 33.8 Å². The molecule has 2 heterocycles. The molecule has 3 nitrogen and oxygen atoms in total. The number of benzene rings is 1. The summed E-state index contributed by atoms with van der Waals surface area (Å²) in [6.45, 7) is 18.2. The lowest BCUT2D eigenvalue weighted by Gasteiger charge is -2.45. The number of aromatic nitrogens is 1. The third-order valence-electron chi connectivity index (χ3n) is 9.78. The molecule has 5 rings (SSSR count). The molecule has 8 heteroatoms. The molecule has 2 aliphatic carbocycles. The van der Waals surface area contributed by atoms with Gasteiger partial charge in [-0.25, -0.2) is 0 Å². The van der Waals surface area contributed by atoms with Crippen molar-refractivity contribution in [2.75, 3.05) is 0 Å². The molecule has 0 amide bonds. The highest BCUT2D eigenvalue weighted by molar-refractivity contribution is 14.1. The Balaban J connectivity index is 1.75. The van der Waals surface area contributed by atoms with Crippen LogP contribution in [-0.4, -0.2) is 17.2 Å². The Labute approximate surface area is 252 Å². The van der Waals surface area contributed by atoms with Gasteiger partial charge >= 0.3 is 6.18 Å². The van der Waals surface area contributed by atoms with Crippen LogP contribution in [0.25, 0.3) is 0 Å². The van der Waals surface area contributed by atoms with Crippen molar-refractivity contribution < 1.29 is 22.3 Å². The average Bonchev–Trinajstić information content (AvgIpc) is 3.37. The summed E-state index contributed by atoms with van der Waals surface area (Å²) in [4.78, 5) is 5.33. The molecule has 3 unspecified atom stereocenters. The highest BCUT2D eigenvalue weighted by Crippen LogP contribution is 2.61. The first-order chi connectivity index (χ1) is 18.4. The molecule has 1 saturated carbocycles. The lowest BCUT2D eigenvalue weighted by atomic mass is 9.70. The van der Waals surface area contributed by atoms with E-state index in [9.17, 15) is 13.2 Å². The van der Waals surface area contributed by atoms with Gasteiger partial charge < -0.3 is 9.16 Å². The number of rotatable bonds is 4.